The summed E-state index contributed by atoms with van der Waals surface area (Å²) in [6.07, 6.45) is 0.617. The molecule has 0 bridgehead atoms. The lowest BCUT2D eigenvalue weighted by Gasteiger charge is -2.41. The molecule has 0 spiro atoms. The van der Waals surface area contributed by atoms with Crippen molar-refractivity contribution in [1.29, 1.82) is 0 Å². The van der Waals surface area contributed by atoms with E-state index in [1.54, 1.807) is 11.8 Å². The number of benzene rings is 3. The van der Waals surface area contributed by atoms with E-state index < -0.39 is 6.29 Å². The van der Waals surface area contributed by atoms with Crippen LogP contribution in [0.3, 0.4) is 0 Å². The van der Waals surface area contributed by atoms with Crippen molar-refractivity contribution in [2.45, 2.75) is 50.7 Å². The number of ether oxygens (including phenoxy) is 2. The van der Waals surface area contributed by atoms with Gasteiger partial charge in [0.25, 0.3) is 0 Å². The highest BCUT2D eigenvalue weighted by atomic mass is 32.2. The summed E-state index contributed by atoms with van der Waals surface area (Å²) in [4.78, 5) is 16.1. The van der Waals surface area contributed by atoms with E-state index in [0.29, 0.717) is 18.8 Å². The molecule has 4 atom stereocenters. The Hall–Kier alpha value is -3.70. The van der Waals surface area contributed by atoms with Gasteiger partial charge in [-0.1, -0.05) is 79.3 Å². The number of thioether (sulfide) groups is 1. The second kappa shape index (κ2) is 13.8. The van der Waals surface area contributed by atoms with Crippen LogP contribution in [0, 0.1) is 5.92 Å². The summed E-state index contributed by atoms with van der Waals surface area (Å²) in [7, 11) is 0. The molecule has 1 saturated heterocycles. The number of carbonyl (C=O) groups is 1. The zero-order valence-corrected chi connectivity index (χ0v) is 23.9. The Morgan fingerprint density at radius 3 is 2.49 bits per heavy atom. The smallest absolute Gasteiger partial charge is 0.315 e. The van der Waals surface area contributed by atoms with Crippen LogP contribution in [0.25, 0.3) is 11.1 Å². The quantitative estimate of drug-likeness (QED) is 0.188. The molecule has 10 heteroatoms. The van der Waals surface area contributed by atoms with Crippen LogP contribution in [-0.2, 0) is 22.6 Å². The van der Waals surface area contributed by atoms with Gasteiger partial charge in [0.15, 0.2) is 11.4 Å². The van der Waals surface area contributed by atoms with Crippen molar-refractivity contribution in [3.8, 4) is 11.1 Å². The van der Waals surface area contributed by atoms with Gasteiger partial charge < -0.3 is 25.2 Å². The maximum Gasteiger partial charge on any atom is 0.315 e. The van der Waals surface area contributed by atoms with E-state index in [0.717, 1.165) is 38.5 Å². The minimum Gasteiger partial charge on any atom is -0.392 e. The molecule has 1 fully saturated rings. The first-order chi connectivity index (χ1) is 20.0. The van der Waals surface area contributed by atoms with Crippen LogP contribution in [0.2, 0.25) is 0 Å². The highest BCUT2D eigenvalue weighted by Crippen LogP contribution is 2.43. The van der Waals surface area contributed by atoms with E-state index in [1.165, 1.54) is 6.33 Å². The van der Waals surface area contributed by atoms with E-state index in [2.05, 4.69) is 57.0 Å². The van der Waals surface area contributed by atoms with Gasteiger partial charge in [-0.05, 0) is 46.9 Å². The molecule has 1 aromatic heterocycles. The van der Waals surface area contributed by atoms with E-state index in [4.69, 9.17) is 9.47 Å². The molecule has 3 aromatic carbocycles. The number of amides is 2. The van der Waals surface area contributed by atoms with Gasteiger partial charge in [-0.25, -0.2) is 9.78 Å². The van der Waals surface area contributed by atoms with E-state index in [-0.39, 0.29) is 30.8 Å². The van der Waals surface area contributed by atoms with Crippen molar-refractivity contribution in [3.63, 3.8) is 0 Å². The zero-order chi connectivity index (χ0) is 28.6. The Morgan fingerprint density at radius 2 is 1.76 bits per heavy atom. The first-order valence-corrected chi connectivity index (χ1v) is 14.7. The lowest BCUT2D eigenvalue weighted by Crippen LogP contribution is -2.38. The van der Waals surface area contributed by atoms with Gasteiger partial charge in [0.1, 0.15) is 6.33 Å². The lowest BCUT2D eigenvalue weighted by atomic mass is 9.91. The fraction of sp³-hybridized carbons (Fsp3) is 0.323. The molecule has 41 heavy (non-hydrogen) atoms. The summed E-state index contributed by atoms with van der Waals surface area (Å²) >= 11 is 1.57. The molecule has 5 rings (SSSR count). The number of carbonyl (C=O) groups excluding carboxylic acids is 1. The van der Waals surface area contributed by atoms with Crippen molar-refractivity contribution in [2.75, 3.05) is 12.3 Å². The molecular weight excluding hydrogens is 538 g/mol. The van der Waals surface area contributed by atoms with Gasteiger partial charge in [0.2, 0.25) is 0 Å². The Bertz CT molecular complexity index is 1420. The largest absolute Gasteiger partial charge is 0.392 e. The van der Waals surface area contributed by atoms with Gasteiger partial charge in [-0.15, -0.1) is 0 Å². The van der Waals surface area contributed by atoms with Crippen molar-refractivity contribution in [2.24, 2.45) is 5.92 Å². The molecule has 0 radical (unpaired) electrons. The number of aromatic amines is 1. The molecular formula is C31H35N5O4S. The molecule has 1 aliphatic rings. The number of H-pyrrole nitrogens is 1. The number of hydrogen-bond donors (Lipinski definition) is 4. The average molecular weight is 574 g/mol. The molecule has 0 saturated carbocycles. The van der Waals surface area contributed by atoms with Gasteiger partial charge >= 0.3 is 6.03 Å². The number of hydrogen-bond acceptors (Lipinski definition) is 7. The number of aromatic nitrogens is 3. The molecule has 214 valence electrons. The summed E-state index contributed by atoms with van der Waals surface area (Å²) in [5.74, 6) is 0.751. The highest BCUT2D eigenvalue weighted by molar-refractivity contribution is 7.99. The van der Waals surface area contributed by atoms with Crippen LogP contribution in [0.15, 0.2) is 84.3 Å². The van der Waals surface area contributed by atoms with Gasteiger partial charge in [0, 0.05) is 30.3 Å². The van der Waals surface area contributed by atoms with E-state index in [9.17, 15) is 9.90 Å². The predicted molar refractivity (Wildman–Crippen MR) is 158 cm³/mol. The van der Waals surface area contributed by atoms with Gasteiger partial charge in [-0.2, -0.15) is 5.10 Å². The number of rotatable bonds is 10. The minimum atomic E-state index is -0.573. The predicted octanol–water partition coefficient (Wildman–Crippen LogP) is 5.37. The molecule has 1 aliphatic heterocycles. The molecule has 0 aliphatic carbocycles. The summed E-state index contributed by atoms with van der Waals surface area (Å²) in [6, 6.07) is 24.1. The van der Waals surface area contributed by atoms with Crippen LogP contribution >= 0.6 is 11.8 Å². The third kappa shape index (κ3) is 7.34. The summed E-state index contributed by atoms with van der Waals surface area (Å²) < 4.78 is 13.2. The maximum absolute atomic E-state index is 11.8. The number of urea groups is 1. The topological polar surface area (TPSA) is 121 Å². The van der Waals surface area contributed by atoms with Gasteiger partial charge in [0.05, 0.1) is 18.8 Å². The monoisotopic (exact) mass is 573 g/mol. The van der Waals surface area contributed by atoms with Gasteiger partial charge in [-0.3, -0.25) is 5.10 Å². The first kappa shape index (κ1) is 28.8. The third-order valence-electron chi connectivity index (χ3n) is 7.11. The normalized spacial score (nSPS) is 20.5. The van der Waals surface area contributed by atoms with Crippen molar-refractivity contribution >= 4 is 17.8 Å². The summed E-state index contributed by atoms with van der Waals surface area (Å²) in [5.41, 5.74) is 5.91. The van der Waals surface area contributed by atoms with Crippen molar-refractivity contribution in [1.82, 2.24) is 25.8 Å². The van der Waals surface area contributed by atoms with E-state index in [1.807, 2.05) is 55.5 Å². The minimum absolute atomic E-state index is 0.000464. The SMILES string of the molecule is CCNC(=O)NCc1cccc(-c2cccc([C@H]3O[C@@H](CSc4ncn[nH]4)[C@@H](C)[C@@H](c4ccc(CO)cc4)O3)c2)c1. The fourth-order valence-corrected chi connectivity index (χ4v) is 5.81. The second-order valence-corrected chi connectivity index (χ2v) is 11.0. The standard InChI is InChI=1S/C31H35N5O4S/c1-3-32-30(38)33-16-22-6-4-7-24(14-22)25-8-5-9-26(15-25)29-39-27(18-41-31-34-19-35-36-31)20(2)28(40-29)23-12-10-21(17-37)11-13-23/h4-15,19-20,27-29,37H,3,16-18H2,1-2H3,(H2,32,33,38)(H,34,35,36)/t20-,27+,28+,29+/m1/s1. The maximum atomic E-state index is 11.8. The molecule has 9 nitrogen and oxygen atoms in total. The molecule has 4 aromatic rings. The molecule has 2 heterocycles. The van der Waals surface area contributed by atoms with Crippen LogP contribution in [0.4, 0.5) is 4.79 Å². The Balaban J connectivity index is 1.38. The summed E-state index contributed by atoms with van der Waals surface area (Å²) in [5, 5.41) is 22.7. The number of aliphatic hydroxyl groups excluding tert-OH is 1. The van der Waals surface area contributed by atoms with Crippen molar-refractivity contribution < 1.29 is 19.4 Å². The number of aliphatic hydroxyl groups is 1. The molecule has 4 N–H and O–H groups in total. The Labute approximate surface area is 244 Å². The van der Waals surface area contributed by atoms with E-state index >= 15 is 0 Å². The van der Waals surface area contributed by atoms with Crippen LogP contribution in [0.1, 0.15) is 48.5 Å². The zero-order valence-electron chi connectivity index (χ0n) is 23.1. The third-order valence-corrected chi connectivity index (χ3v) is 8.08. The van der Waals surface area contributed by atoms with Crippen LogP contribution < -0.4 is 10.6 Å². The molecule has 0 unspecified atom stereocenters. The average Bonchev–Trinajstić information content (AvgIpc) is 3.54. The Morgan fingerprint density at radius 1 is 0.976 bits per heavy atom. The van der Waals surface area contributed by atoms with Crippen LogP contribution in [0.5, 0.6) is 0 Å². The first-order valence-electron chi connectivity index (χ1n) is 13.7. The second-order valence-electron chi connectivity index (χ2n) is 9.96. The fourth-order valence-electron chi connectivity index (χ4n) is 4.87. The Kier molecular flexibility index (Phi) is 9.68. The lowest BCUT2D eigenvalue weighted by molar-refractivity contribution is -0.268. The molecule has 2 amide bonds. The van der Waals surface area contributed by atoms with Crippen LogP contribution in [-0.4, -0.2) is 44.7 Å². The number of nitrogens with zero attached hydrogens (tertiary/aromatic N) is 2. The highest BCUT2D eigenvalue weighted by Gasteiger charge is 2.38. The van der Waals surface area contributed by atoms with Crippen molar-refractivity contribution in [3.05, 3.63) is 101 Å². The summed E-state index contributed by atoms with van der Waals surface area (Å²) in [6.45, 7) is 5.05. The number of nitrogens with one attached hydrogen (secondary N) is 3.